The number of hydrogen-bond acceptors (Lipinski definition) is 3. The van der Waals surface area contributed by atoms with Gasteiger partial charge in [-0.25, -0.2) is 4.79 Å². The number of anilines is 1. The molecular formula is C15H20N2O3. The molecule has 1 aliphatic carbocycles. The zero-order chi connectivity index (χ0) is 14.5. The maximum atomic E-state index is 11.8. The van der Waals surface area contributed by atoms with Crippen LogP contribution in [0, 0.1) is 5.92 Å². The maximum Gasteiger partial charge on any atom is 0.323 e. The molecule has 2 rings (SSSR count). The summed E-state index contributed by atoms with van der Waals surface area (Å²) in [7, 11) is 3.13. The minimum atomic E-state index is -0.266. The number of ether oxygens (including phenoxy) is 2. The summed E-state index contributed by atoms with van der Waals surface area (Å²) in [6.07, 6.45) is 4.22. The molecule has 1 saturated carbocycles. The Morgan fingerprint density at radius 3 is 2.55 bits per heavy atom. The van der Waals surface area contributed by atoms with Gasteiger partial charge in [0.1, 0.15) is 0 Å². The van der Waals surface area contributed by atoms with E-state index in [9.17, 15) is 4.79 Å². The van der Waals surface area contributed by atoms with E-state index in [4.69, 9.17) is 9.47 Å². The quantitative estimate of drug-likeness (QED) is 0.868. The summed E-state index contributed by atoms with van der Waals surface area (Å²) in [6, 6.07) is 4.96. The average Bonchev–Trinajstić information content (AvgIpc) is 3.29. The van der Waals surface area contributed by atoms with E-state index in [0.29, 0.717) is 23.1 Å². The van der Waals surface area contributed by atoms with Crippen LogP contribution < -0.4 is 20.1 Å². The number of carbonyl (C=O) groups is 1. The fraction of sp³-hybridized carbons (Fsp3) is 0.400. The molecule has 108 valence electrons. The SMILES string of the molecule is COc1ccc(NC(=O)N/C=C(\C)C2CC2)cc1OC. The summed E-state index contributed by atoms with van der Waals surface area (Å²) in [4.78, 5) is 11.8. The highest BCUT2D eigenvalue weighted by Gasteiger charge is 2.22. The lowest BCUT2D eigenvalue weighted by Crippen LogP contribution is -2.24. The van der Waals surface area contributed by atoms with Crippen LogP contribution in [0.4, 0.5) is 10.5 Å². The fourth-order valence-electron chi connectivity index (χ4n) is 1.92. The van der Waals surface area contributed by atoms with Gasteiger partial charge in [-0.1, -0.05) is 5.57 Å². The Balaban J connectivity index is 1.95. The Morgan fingerprint density at radius 1 is 1.25 bits per heavy atom. The van der Waals surface area contributed by atoms with Crippen molar-refractivity contribution < 1.29 is 14.3 Å². The van der Waals surface area contributed by atoms with E-state index in [-0.39, 0.29) is 6.03 Å². The molecule has 0 atom stereocenters. The van der Waals surface area contributed by atoms with Crippen molar-refractivity contribution in [3.8, 4) is 11.5 Å². The van der Waals surface area contributed by atoms with E-state index < -0.39 is 0 Å². The molecule has 1 aromatic carbocycles. The molecule has 5 nitrogen and oxygen atoms in total. The number of urea groups is 1. The predicted octanol–water partition coefficient (Wildman–Crippen LogP) is 3.14. The number of carbonyl (C=O) groups excluding carboxylic acids is 1. The molecular weight excluding hydrogens is 256 g/mol. The second-order valence-corrected chi connectivity index (χ2v) is 4.83. The number of hydrogen-bond donors (Lipinski definition) is 2. The van der Waals surface area contributed by atoms with Gasteiger partial charge in [0, 0.05) is 18.0 Å². The normalized spacial score (nSPS) is 14.7. The monoisotopic (exact) mass is 276 g/mol. The summed E-state index contributed by atoms with van der Waals surface area (Å²) in [5.74, 6) is 1.86. The van der Waals surface area contributed by atoms with Crippen LogP contribution in [-0.2, 0) is 0 Å². The van der Waals surface area contributed by atoms with E-state index in [1.54, 1.807) is 38.6 Å². The highest BCUT2D eigenvalue weighted by atomic mass is 16.5. The molecule has 0 aromatic heterocycles. The highest BCUT2D eigenvalue weighted by molar-refractivity contribution is 5.90. The number of rotatable bonds is 5. The van der Waals surface area contributed by atoms with Crippen molar-refractivity contribution in [2.75, 3.05) is 19.5 Å². The van der Waals surface area contributed by atoms with Gasteiger partial charge < -0.3 is 20.1 Å². The van der Waals surface area contributed by atoms with Gasteiger partial charge >= 0.3 is 6.03 Å². The number of benzene rings is 1. The molecule has 1 aromatic rings. The van der Waals surface area contributed by atoms with Crippen molar-refractivity contribution in [3.05, 3.63) is 30.0 Å². The van der Waals surface area contributed by atoms with Crippen molar-refractivity contribution in [1.82, 2.24) is 5.32 Å². The van der Waals surface area contributed by atoms with Crippen LogP contribution in [-0.4, -0.2) is 20.3 Å². The Bertz CT molecular complexity index is 522. The summed E-state index contributed by atoms with van der Waals surface area (Å²) in [6.45, 7) is 2.04. The standard InChI is InChI=1S/C15H20N2O3/c1-10(11-4-5-11)9-16-15(18)17-12-6-7-13(19-2)14(8-12)20-3/h6-9,11H,4-5H2,1-3H3,(H2,16,17,18)/b10-9+. The van der Waals surface area contributed by atoms with Crippen LogP contribution in [0.2, 0.25) is 0 Å². The van der Waals surface area contributed by atoms with Crippen molar-refractivity contribution in [2.45, 2.75) is 19.8 Å². The molecule has 0 unspecified atom stereocenters. The zero-order valence-electron chi connectivity index (χ0n) is 12.0. The number of amides is 2. The molecule has 2 amide bonds. The zero-order valence-corrected chi connectivity index (χ0v) is 12.0. The molecule has 0 heterocycles. The Labute approximate surface area is 119 Å². The largest absolute Gasteiger partial charge is 0.493 e. The van der Waals surface area contributed by atoms with Gasteiger partial charge in [0.15, 0.2) is 11.5 Å². The fourth-order valence-corrected chi connectivity index (χ4v) is 1.92. The number of methoxy groups -OCH3 is 2. The van der Waals surface area contributed by atoms with Crippen LogP contribution in [0.5, 0.6) is 11.5 Å². The first-order chi connectivity index (χ1) is 9.63. The Morgan fingerprint density at radius 2 is 1.95 bits per heavy atom. The number of nitrogens with one attached hydrogen (secondary N) is 2. The Hall–Kier alpha value is -2.17. The lowest BCUT2D eigenvalue weighted by molar-refractivity contribution is 0.255. The van der Waals surface area contributed by atoms with Gasteiger partial charge in [0.05, 0.1) is 14.2 Å². The molecule has 1 fully saturated rings. The molecule has 0 bridgehead atoms. The molecule has 0 spiro atoms. The minimum absolute atomic E-state index is 0.266. The molecule has 1 aliphatic rings. The van der Waals surface area contributed by atoms with E-state index in [1.165, 1.54) is 18.4 Å². The molecule has 2 N–H and O–H groups in total. The van der Waals surface area contributed by atoms with Gasteiger partial charge in [0.2, 0.25) is 0 Å². The first-order valence-electron chi connectivity index (χ1n) is 6.60. The van der Waals surface area contributed by atoms with Crippen LogP contribution in [0.25, 0.3) is 0 Å². The minimum Gasteiger partial charge on any atom is -0.493 e. The summed E-state index contributed by atoms with van der Waals surface area (Å²) >= 11 is 0. The maximum absolute atomic E-state index is 11.8. The second kappa shape index (κ2) is 6.32. The van der Waals surface area contributed by atoms with Gasteiger partial charge in [-0.05, 0) is 37.8 Å². The lowest BCUT2D eigenvalue weighted by atomic mass is 10.2. The first-order valence-corrected chi connectivity index (χ1v) is 6.60. The van der Waals surface area contributed by atoms with Crippen molar-refractivity contribution in [1.29, 1.82) is 0 Å². The van der Waals surface area contributed by atoms with Crippen molar-refractivity contribution in [2.24, 2.45) is 5.92 Å². The van der Waals surface area contributed by atoms with Crippen LogP contribution in [0.3, 0.4) is 0 Å². The first kappa shape index (κ1) is 14.2. The lowest BCUT2D eigenvalue weighted by Gasteiger charge is -2.10. The third-order valence-corrected chi connectivity index (χ3v) is 3.29. The van der Waals surface area contributed by atoms with Crippen molar-refractivity contribution >= 4 is 11.7 Å². The van der Waals surface area contributed by atoms with Gasteiger partial charge in [-0.2, -0.15) is 0 Å². The Kier molecular flexibility index (Phi) is 4.50. The second-order valence-electron chi connectivity index (χ2n) is 4.83. The van der Waals surface area contributed by atoms with Crippen LogP contribution in [0.15, 0.2) is 30.0 Å². The summed E-state index contributed by atoms with van der Waals surface area (Å²) < 4.78 is 10.3. The van der Waals surface area contributed by atoms with Crippen molar-refractivity contribution in [3.63, 3.8) is 0 Å². The van der Waals surface area contributed by atoms with Gasteiger partial charge in [-0.3, -0.25) is 0 Å². The topological polar surface area (TPSA) is 59.6 Å². The molecule has 0 aliphatic heterocycles. The summed E-state index contributed by atoms with van der Waals surface area (Å²) in [5, 5.41) is 5.49. The van der Waals surface area contributed by atoms with Gasteiger partial charge in [0.25, 0.3) is 0 Å². The van der Waals surface area contributed by atoms with Crippen LogP contribution in [0.1, 0.15) is 19.8 Å². The van der Waals surface area contributed by atoms with E-state index in [2.05, 4.69) is 10.6 Å². The van der Waals surface area contributed by atoms with E-state index >= 15 is 0 Å². The van der Waals surface area contributed by atoms with E-state index in [1.807, 2.05) is 6.92 Å². The number of allylic oxidation sites excluding steroid dienone is 1. The highest BCUT2D eigenvalue weighted by Crippen LogP contribution is 2.35. The molecule has 0 radical (unpaired) electrons. The van der Waals surface area contributed by atoms with Crippen LogP contribution >= 0.6 is 0 Å². The molecule has 20 heavy (non-hydrogen) atoms. The van der Waals surface area contributed by atoms with E-state index in [0.717, 1.165) is 0 Å². The third-order valence-electron chi connectivity index (χ3n) is 3.29. The average molecular weight is 276 g/mol. The smallest absolute Gasteiger partial charge is 0.323 e. The third kappa shape index (κ3) is 3.66. The molecule has 0 saturated heterocycles. The van der Waals surface area contributed by atoms with Gasteiger partial charge in [-0.15, -0.1) is 0 Å². The predicted molar refractivity (Wildman–Crippen MR) is 78.2 cm³/mol. The molecule has 5 heteroatoms. The summed E-state index contributed by atoms with van der Waals surface area (Å²) in [5.41, 5.74) is 1.87.